The van der Waals surface area contributed by atoms with Crippen LogP contribution in [-0.4, -0.2) is 71.7 Å². The van der Waals surface area contributed by atoms with Crippen LogP contribution >= 0.6 is 24.1 Å². The van der Waals surface area contributed by atoms with Crippen LogP contribution in [0, 0.1) is 0 Å². The van der Waals surface area contributed by atoms with Gasteiger partial charge < -0.3 is 45.3 Å². The predicted molar refractivity (Wildman–Crippen MR) is 210 cm³/mol. The fourth-order valence-electron chi connectivity index (χ4n) is 5.99. The van der Waals surface area contributed by atoms with E-state index in [-0.39, 0.29) is 23.6 Å². The second-order valence-electron chi connectivity index (χ2n) is 12.6. The van der Waals surface area contributed by atoms with E-state index in [1.54, 1.807) is 75.3 Å². The topological polar surface area (TPSA) is 151 Å². The van der Waals surface area contributed by atoms with E-state index in [4.69, 9.17) is 53.8 Å². The van der Waals surface area contributed by atoms with E-state index in [1.165, 1.54) is 0 Å². The van der Waals surface area contributed by atoms with E-state index in [0.29, 0.717) is 23.6 Å². The predicted octanol–water partition coefficient (Wildman–Crippen LogP) is 6.96. The molecule has 54 heavy (non-hydrogen) atoms. The van der Waals surface area contributed by atoms with Crippen molar-refractivity contribution in [2.45, 2.75) is 37.3 Å². The van der Waals surface area contributed by atoms with Gasteiger partial charge in [0.1, 0.15) is 11.5 Å². The zero-order valence-corrected chi connectivity index (χ0v) is 36.3. The van der Waals surface area contributed by atoms with Gasteiger partial charge in [0.25, 0.3) is 0 Å². The number of hydrogen-bond donors (Lipinski definition) is 2. The number of benzene rings is 4. The molecule has 4 unspecified atom stereocenters. The maximum absolute atomic E-state index is 10.0. The van der Waals surface area contributed by atoms with Gasteiger partial charge in [0.2, 0.25) is 0 Å². The van der Waals surface area contributed by atoms with Gasteiger partial charge in [-0.3, -0.25) is 0 Å². The van der Waals surface area contributed by atoms with Gasteiger partial charge in [-0.25, -0.2) is 0 Å². The highest BCUT2D eigenvalue weighted by Gasteiger charge is 2.63. The van der Waals surface area contributed by atoms with Crippen molar-refractivity contribution in [3.05, 3.63) is 119 Å². The van der Waals surface area contributed by atoms with Crippen LogP contribution in [0.1, 0.15) is 22.3 Å². The third-order valence-electron chi connectivity index (χ3n) is 8.17. The molecule has 0 aromatic heterocycles. The number of rotatable bonds is 18. The molecule has 1 aliphatic heterocycles. The second-order valence-corrected chi connectivity index (χ2v) is 26.3. The maximum atomic E-state index is 10.0. The summed E-state index contributed by atoms with van der Waals surface area (Å²) in [6, 6.07) is 29.6. The molecule has 292 valence electrons. The molecule has 0 bridgehead atoms. The molecule has 20 heteroatoms. The van der Waals surface area contributed by atoms with Gasteiger partial charge in [0, 0.05) is 75.0 Å². The van der Waals surface area contributed by atoms with Crippen LogP contribution in [-0.2, 0) is 68.2 Å². The first kappa shape index (κ1) is 42.4. The van der Waals surface area contributed by atoms with Crippen molar-refractivity contribution in [3.8, 4) is 23.0 Å². The molecule has 1 saturated heterocycles. The van der Waals surface area contributed by atoms with Gasteiger partial charge in [-0.15, -0.1) is 8.67 Å². The summed E-state index contributed by atoms with van der Waals surface area (Å²) in [6.45, 7) is 3.97. The Kier molecular flexibility index (Phi) is 15.2. The van der Waals surface area contributed by atoms with Crippen molar-refractivity contribution < 1.29 is 64.0 Å². The van der Waals surface area contributed by atoms with Crippen molar-refractivity contribution >= 4 is 58.8 Å². The Balaban J connectivity index is 1.57. The van der Waals surface area contributed by atoms with E-state index >= 15 is 0 Å². The minimum absolute atomic E-state index is 0.151. The quantitative estimate of drug-likeness (QED) is 0.0349. The van der Waals surface area contributed by atoms with Crippen LogP contribution in [0.3, 0.4) is 0 Å². The average Bonchev–Trinajstić information content (AvgIpc) is 3.14. The molecule has 4 aromatic rings. The van der Waals surface area contributed by atoms with E-state index in [9.17, 15) is 10.2 Å². The molecule has 0 saturated carbocycles. The number of hydrogen-bond acceptors (Lipinski definition) is 16. The fourth-order valence-corrected chi connectivity index (χ4v) is 26.5. The summed E-state index contributed by atoms with van der Waals surface area (Å²) >= 11 is 2.01. The Morgan fingerprint density at radius 1 is 0.481 bits per heavy atom. The number of aromatic hydroxyl groups is 2. The highest BCUT2D eigenvalue weighted by molar-refractivity contribution is 7.94. The molecule has 0 radical (unpaired) electrons. The molecular weight excluding hydrogens is 809 g/mol. The third kappa shape index (κ3) is 12.1. The first-order valence-electron chi connectivity index (χ1n) is 16.6. The highest BCUT2D eigenvalue weighted by atomic mass is 32.2. The molecule has 4 atom stereocenters. The van der Waals surface area contributed by atoms with Crippen molar-refractivity contribution in [1.29, 1.82) is 0 Å². The Bertz CT molecular complexity index is 1620. The summed E-state index contributed by atoms with van der Waals surface area (Å²) in [7, 11) is -11.2. The van der Waals surface area contributed by atoms with E-state index in [1.807, 2.05) is 61.6 Å². The lowest BCUT2D eigenvalue weighted by molar-refractivity contribution is -0.403. The molecule has 0 amide bonds. The molecule has 5 rings (SSSR count). The zero-order valence-electron chi connectivity index (χ0n) is 30.7. The van der Waals surface area contributed by atoms with Crippen LogP contribution in [0.4, 0.5) is 0 Å². The van der Waals surface area contributed by atoms with Crippen LogP contribution < -0.4 is 9.78 Å². The van der Waals surface area contributed by atoms with Crippen LogP contribution in [0.25, 0.3) is 0 Å². The smallest absolute Gasteiger partial charge is 0.489 e. The van der Waals surface area contributed by atoms with E-state index in [0.717, 1.165) is 46.3 Å². The summed E-state index contributed by atoms with van der Waals surface area (Å²) < 4.78 is 51.4. The van der Waals surface area contributed by atoms with Crippen molar-refractivity contribution in [2.75, 3.05) is 26.7 Å². The summed E-state index contributed by atoms with van der Waals surface area (Å²) in [5.74, 6) is 1.15. The van der Waals surface area contributed by atoms with Crippen LogP contribution in [0.15, 0.2) is 97.1 Å². The van der Waals surface area contributed by atoms with E-state index < -0.39 is 34.7 Å². The minimum Gasteiger partial charge on any atom is -0.508 e. The third-order valence-corrected chi connectivity index (χ3v) is 25.5. The lowest BCUT2D eigenvalue weighted by Gasteiger charge is -2.49. The zero-order chi connectivity index (χ0) is 38.7. The Morgan fingerprint density at radius 2 is 0.815 bits per heavy atom. The summed E-state index contributed by atoms with van der Waals surface area (Å²) in [5, 5.41) is 29.5. The molecule has 1 aliphatic rings. The van der Waals surface area contributed by atoms with Gasteiger partial charge in [0.05, 0.1) is 0 Å². The Hall–Kier alpha value is -2.75. The van der Waals surface area contributed by atoms with Crippen molar-refractivity contribution in [3.63, 3.8) is 0 Å². The maximum Gasteiger partial charge on any atom is 0.489 e. The molecule has 2 N–H and O–H groups in total. The standard InChI is InChI=1S/C34H44O14S2Si4/c1-37-53(25-29-11-19-33(20-12-29)39-41-43-49-3)46-51(5,23-27-7-15-31(35)16-8-27)45-52(6,24-28-9-17-32(36)18-10-28)47-54(38-2,48-53)26-30-13-21-34(22-14-30)40-42-44-50-4/h7-22,35-36H,23-26H2,1-6H3. The lowest BCUT2D eigenvalue weighted by atomic mass is 10.2. The van der Waals surface area contributed by atoms with Gasteiger partial charge in [-0.05, 0) is 94.0 Å². The van der Waals surface area contributed by atoms with Crippen LogP contribution in [0.2, 0.25) is 13.1 Å². The summed E-state index contributed by atoms with van der Waals surface area (Å²) in [4.78, 5) is 10.4. The first-order valence-corrected chi connectivity index (χ1v) is 27.9. The van der Waals surface area contributed by atoms with Gasteiger partial charge in [0.15, 0.2) is 11.5 Å². The van der Waals surface area contributed by atoms with E-state index in [2.05, 4.69) is 0 Å². The first-order chi connectivity index (χ1) is 25.9. The Labute approximate surface area is 327 Å². The molecule has 0 aliphatic carbocycles. The SMILES string of the molecule is CO[Si]1(Cc2ccc(OOOSC)cc2)O[Si](C)(Cc2ccc(O)cc2)O[Si](C)(Cc2ccc(O)cc2)O[Si](Cc2ccc(OOOSC)cc2)(OC)O1. The van der Waals surface area contributed by atoms with Crippen molar-refractivity contribution in [2.24, 2.45) is 0 Å². The van der Waals surface area contributed by atoms with Crippen molar-refractivity contribution in [1.82, 2.24) is 0 Å². The van der Waals surface area contributed by atoms with Gasteiger partial charge >= 0.3 is 34.7 Å². The van der Waals surface area contributed by atoms with Crippen LogP contribution in [0.5, 0.6) is 23.0 Å². The monoisotopic (exact) mass is 852 g/mol. The second kappa shape index (κ2) is 19.4. The molecule has 4 aromatic carbocycles. The molecular formula is C34H44O14S2Si4. The van der Waals surface area contributed by atoms with Gasteiger partial charge in [-0.1, -0.05) is 48.5 Å². The lowest BCUT2D eigenvalue weighted by Crippen LogP contribution is -2.72. The number of phenols is 2. The fraction of sp³-hybridized carbons (Fsp3) is 0.294. The summed E-state index contributed by atoms with van der Waals surface area (Å²) in [5.41, 5.74) is 3.47. The van der Waals surface area contributed by atoms with Gasteiger partial charge in [-0.2, -0.15) is 0 Å². The Morgan fingerprint density at radius 3 is 1.15 bits per heavy atom. The molecule has 14 nitrogen and oxygen atoms in total. The minimum atomic E-state index is -3.81. The molecule has 1 heterocycles. The number of phenolic OH excluding ortho intramolecular Hbond substituents is 2. The largest absolute Gasteiger partial charge is 0.508 e. The summed E-state index contributed by atoms with van der Waals surface area (Å²) in [6.07, 6.45) is 3.40. The highest BCUT2D eigenvalue weighted by Crippen LogP contribution is 2.38. The molecule has 0 spiro atoms. The molecule has 1 fully saturated rings. The average molecular weight is 853 g/mol. The normalized spacial score (nSPS) is 24.4.